The van der Waals surface area contributed by atoms with Crippen LogP contribution in [-0.2, 0) is 11.3 Å². The molecular formula is C21H27N5O3. The number of hydrogen-bond acceptors (Lipinski definition) is 6. The van der Waals surface area contributed by atoms with E-state index in [1.165, 1.54) is 10.1 Å². The molecule has 1 aliphatic heterocycles. The standard InChI is InChI=1S/C21H27N5O3/c1-21(2,3)29-20(28)24-18-15-11-25(12-16(15)18)10-13-4-6-14(7-5-13)26-9-8-17(22)23-19(26)27/h4-9,15-16,18H,10-12H2,1-3H3,(H,24,28)(H2,22,23,27). The van der Waals surface area contributed by atoms with E-state index in [-0.39, 0.29) is 23.6 Å². The maximum Gasteiger partial charge on any atom is 0.407 e. The quantitative estimate of drug-likeness (QED) is 0.815. The lowest BCUT2D eigenvalue weighted by Crippen LogP contribution is -2.38. The van der Waals surface area contributed by atoms with Crippen LogP contribution in [0.15, 0.2) is 41.3 Å². The van der Waals surface area contributed by atoms with Gasteiger partial charge in [0, 0.05) is 31.9 Å². The first kappa shape index (κ1) is 19.4. The van der Waals surface area contributed by atoms with Gasteiger partial charge in [-0.25, -0.2) is 9.59 Å². The summed E-state index contributed by atoms with van der Waals surface area (Å²) < 4.78 is 6.81. The number of alkyl carbamates (subject to hydrolysis) is 1. The Morgan fingerprint density at radius 2 is 1.86 bits per heavy atom. The summed E-state index contributed by atoms with van der Waals surface area (Å²) in [6.45, 7) is 8.39. The molecule has 1 aromatic carbocycles. The molecule has 2 unspecified atom stereocenters. The topological polar surface area (TPSA) is 102 Å². The average molecular weight is 397 g/mol. The zero-order chi connectivity index (χ0) is 20.8. The number of nitrogen functional groups attached to an aromatic ring is 1. The lowest BCUT2D eigenvalue weighted by atomic mass is 10.2. The number of benzene rings is 1. The van der Waals surface area contributed by atoms with E-state index in [0.717, 1.165) is 25.3 Å². The summed E-state index contributed by atoms with van der Waals surface area (Å²) in [7, 11) is 0. The third-order valence-corrected chi connectivity index (χ3v) is 5.40. The van der Waals surface area contributed by atoms with Gasteiger partial charge in [-0.1, -0.05) is 12.1 Å². The van der Waals surface area contributed by atoms with Crippen LogP contribution in [0.2, 0.25) is 0 Å². The molecule has 1 saturated heterocycles. The third kappa shape index (κ3) is 4.42. The fourth-order valence-electron chi connectivity index (χ4n) is 4.03. The molecule has 4 rings (SSSR count). The highest BCUT2D eigenvalue weighted by Crippen LogP contribution is 2.45. The monoisotopic (exact) mass is 397 g/mol. The molecule has 0 spiro atoms. The van der Waals surface area contributed by atoms with Gasteiger partial charge in [0.25, 0.3) is 0 Å². The van der Waals surface area contributed by atoms with Gasteiger partial charge in [-0.15, -0.1) is 0 Å². The Balaban J connectivity index is 1.29. The van der Waals surface area contributed by atoms with Crippen LogP contribution >= 0.6 is 0 Å². The molecule has 0 bridgehead atoms. The Bertz CT molecular complexity index is 952. The van der Waals surface area contributed by atoms with E-state index >= 15 is 0 Å². The van der Waals surface area contributed by atoms with Gasteiger partial charge in [-0.3, -0.25) is 9.47 Å². The van der Waals surface area contributed by atoms with Gasteiger partial charge in [0.1, 0.15) is 11.4 Å². The van der Waals surface area contributed by atoms with Gasteiger partial charge < -0.3 is 15.8 Å². The minimum atomic E-state index is -0.472. The Morgan fingerprint density at radius 3 is 2.45 bits per heavy atom. The summed E-state index contributed by atoms with van der Waals surface area (Å²) in [6.07, 6.45) is 1.30. The summed E-state index contributed by atoms with van der Waals surface area (Å²) in [5, 5.41) is 3.00. The van der Waals surface area contributed by atoms with Gasteiger partial charge in [0.15, 0.2) is 0 Å². The predicted molar refractivity (Wildman–Crippen MR) is 110 cm³/mol. The van der Waals surface area contributed by atoms with Crippen LogP contribution < -0.4 is 16.7 Å². The predicted octanol–water partition coefficient (Wildman–Crippen LogP) is 1.77. The molecule has 154 valence electrons. The van der Waals surface area contributed by atoms with Crippen LogP contribution in [0.5, 0.6) is 0 Å². The maximum absolute atomic E-state index is 12.0. The third-order valence-electron chi connectivity index (χ3n) is 5.40. The number of piperidine rings is 1. The van der Waals surface area contributed by atoms with Gasteiger partial charge in [-0.2, -0.15) is 4.98 Å². The van der Waals surface area contributed by atoms with Crippen molar-refractivity contribution >= 4 is 11.9 Å². The minimum Gasteiger partial charge on any atom is -0.444 e. The van der Waals surface area contributed by atoms with Crippen LogP contribution in [0.1, 0.15) is 26.3 Å². The van der Waals surface area contributed by atoms with Crippen molar-refractivity contribution in [2.45, 2.75) is 39.0 Å². The maximum atomic E-state index is 12.0. The Labute approximate surface area is 169 Å². The molecule has 2 heterocycles. The number of aromatic nitrogens is 2. The highest BCUT2D eigenvalue weighted by Gasteiger charge is 2.56. The number of carbonyl (C=O) groups is 1. The van der Waals surface area contributed by atoms with E-state index in [4.69, 9.17) is 10.5 Å². The summed E-state index contributed by atoms with van der Waals surface area (Å²) in [5.41, 5.74) is 6.62. The van der Waals surface area contributed by atoms with Crippen molar-refractivity contribution < 1.29 is 9.53 Å². The first-order valence-electron chi connectivity index (χ1n) is 9.86. The molecule has 1 amide bonds. The molecular weight excluding hydrogens is 370 g/mol. The summed E-state index contributed by atoms with van der Waals surface area (Å²) in [6, 6.07) is 9.72. The van der Waals surface area contributed by atoms with Crippen LogP contribution in [0, 0.1) is 11.8 Å². The molecule has 2 atom stereocenters. The first-order chi connectivity index (χ1) is 13.7. The molecule has 8 nitrogen and oxygen atoms in total. The van der Waals surface area contributed by atoms with Crippen molar-refractivity contribution in [2.24, 2.45) is 11.8 Å². The van der Waals surface area contributed by atoms with E-state index in [1.54, 1.807) is 12.3 Å². The first-order valence-corrected chi connectivity index (χ1v) is 9.86. The molecule has 2 fully saturated rings. The van der Waals surface area contributed by atoms with E-state index in [0.29, 0.717) is 11.8 Å². The number of carbonyl (C=O) groups excluding carboxylic acids is 1. The van der Waals surface area contributed by atoms with Crippen molar-refractivity contribution in [1.82, 2.24) is 19.8 Å². The van der Waals surface area contributed by atoms with Crippen LogP contribution in [0.3, 0.4) is 0 Å². The number of rotatable bonds is 4. The van der Waals surface area contributed by atoms with E-state index in [9.17, 15) is 9.59 Å². The van der Waals surface area contributed by atoms with Gasteiger partial charge in [0.2, 0.25) is 0 Å². The normalized spacial score (nSPS) is 23.5. The number of nitrogens with one attached hydrogen (secondary N) is 1. The van der Waals surface area contributed by atoms with Gasteiger partial charge >= 0.3 is 11.8 Å². The van der Waals surface area contributed by atoms with Gasteiger partial charge in [0.05, 0.1) is 5.69 Å². The lowest BCUT2D eigenvalue weighted by Gasteiger charge is -2.22. The highest BCUT2D eigenvalue weighted by atomic mass is 16.6. The molecule has 8 heteroatoms. The summed E-state index contributed by atoms with van der Waals surface area (Å²) in [5.74, 6) is 1.22. The summed E-state index contributed by atoms with van der Waals surface area (Å²) in [4.78, 5) is 30.0. The van der Waals surface area contributed by atoms with Crippen molar-refractivity contribution in [3.63, 3.8) is 0 Å². The molecule has 2 aliphatic rings. The van der Waals surface area contributed by atoms with Crippen LogP contribution in [0.25, 0.3) is 5.69 Å². The van der Waals surface area contributed by atoms with Gasteiger partial charge in [-0.05, 0) is 56.4 Å². The fraction of sp³-hybridized carbons (Fsp3) is 0.476. The number of amides is 1. The number of nitrogens with zero attached hydrogens (tertiary/aromatic N) is 3. The molecule has 29 heavy (non-hydrogen) atoms. The Hall–Kier alpha value is -2.87. The van der Waals surface area contributed by atoms with Crippen molar-refractivity contribution in [1.29, 1.82) is 0 Å². The zero-order valence-corrected chi connectivity index (χ0v) is 17.0. The van der Waals surface area contributed by atoms with Crippen molar-refractivity contribution in [3.05, 3.63) is 52.6 Å². The second-order valence-electron chi connectivity index (χ2n) is 8.87. The zero-order valence-electron chi connectivity index (χ0n) is 17.0. The number of nitrogens with two attached hydrogens (primary N) is 1. The largest absolute Gasteiger partial charge is 0.444 e. The lowest BCUT2D eigenvalue weighted by molar-refractivity contribution is 0.0513. The van der Waals surface area contributed by atoms with E-state index < -0.39 is 5.60 Å². The molecule has 1 aliphatic carbocycles. The molecule has 1 saturated carbocycles. The average Bonchev–Trinajstić information content (AvgIpc) is 3.06. The highest BCUT2D eigenvalue weighted by molar-refractivity contribution is 5.68. The number of likely N-dealkylation sites (tertiary alicyclic amines) is 1. The fourth-order valence-corrected chi connectivity index (χ4v) is 4.03. The Kier molecular flexibility index (Phi) is 4.82. The molecule has 1 aromatic heterocycles. The van der Waals surface area contributed by atoms with Crippen molar-refractivity contribution in [3.8, 4) is 5.69 Å². The number of fused-ring (bicyclic) bond motifs is 1. The van der Waals surface area contributed by atoms with Crippen LogP contribution in [0.4, 0.5) is 10.6 Å². The smallest absolute Gasteiger partial charge is 0.407 e. The SMILES string of the molecule is CC(C)(C)OC(=O)NC1C2CN(Cc3ccc(-n4ccc(N)nc4=O)cc3)CC21. The van der Waals surface area contributed by atoms with Crippen LogP contribution in [-0.4, -0.2) is 45.3 Å². The molecule has 3 N–H and O–H groups in total. The van der Waals surface area contributed by atoms with Crippen molar-refractivity contribution in [2.75, 3.05) is 18.8 Å². The molecule has 0 radical (unpaired) electrons. The molecule has 2 aromatic rings. The second-order valence-corrected chi connectivity index (χ2v) is 8.87. The summed E-state index contributed by atoms with van der Waals surface area (Å²) >= 11 is 0. The minimum absolute atomic E-state index is 0.218. The number of ether oxygens (including phenoxy) is 1. The second kappa shape index (κ2) is 7.18. The Morgan fingerprint density at radius 1 is 1.21 bits per heavy atom. The van der Waals surface area contributed by atoms with E-state index in [2.05, 4.69) is 15.2 Å². The number of hydrogen-bond donors (Lipinski definition) is 2. The number of anilines is 1. The van der Waals surface area contributed by atoms with E-state index in [1.807, 2.05) is 45.0 Å².